The molecule has 0 amide bonds. The fourth-order valence-corrected chi connectivity index (χ4v) is 3.74. The van der Waals surface area contributed by atoms with Crippen LogP contribution in [0.25, 0.3) is 0 Å². The van der Waals surface area contributed by atoms with Gasteiger partial charge >= 0.3 is 0 Å². The minimum absolute atomic E-state index is 0.250. The number of likely N-dealkylation sites (tertiary alicyclic amines) is 1. The van der Waals surface area contributed by atoms with Crippen molar-refractivity contribution in [3.8, 4) is 5.75 Å². The number of aliphatic hydroxyl groups is 2. The number of benzene rings is 1. The van der Waals surface area contributed by atoms with Gasteiger partial charge in [0.15, 0.2) is 0 Å². The van der Waals surface area contributed by atoms with Crippen LogP contribution in [0, 0.1) is 0 Å². The van der Waals surface area contributed by atoms with Crippen LogP contribution >= 0.6 is 11.6 Å². The number of ether oxygens (including phenoxy) is 1. The largest absolute Gasteiger partial charge is 0.492 e. The molecule has 1 saturated heterocycles. The van der Waals surface area contributed by atoms with Crippen molar-refractivity contribution in [3.63, 3.8) is 0 Å². The van der Waals surface area contributed by atoms with E-state index in [4.69, 9.17) is 16.3 Å². The molecule has 3 rings (SSSR count). The Morgan fingerprint density at radius 1 is 1.19 bits per heavy atom. The van der Waals surface area contributed by atoms with Crippen LogP contribution in [0.1, 0.15) is 19.8 Å². The summed E-state index contributed by atoms with van der Waals surface area (Å²) in [5.41, 5.74) is 0.698. The number of rotatable bonds is 10. The van der Waals surface area contributed by atoms with Gasteiger partial charge in [0.05, 0.1) is 30.9 Å². The Kier molecular flexibility index (Phi) is 8.68. The highest BCUT2D eigenvalue weighted by Crippen LogP contribution is 2.29. The van der Waals surface area contributed by atoms with Crippen LogP contribution in [0.5, 0.6) is 5.75 Å². The second kappa shape index (κ2) is 11.5. The maximum atomic E-state index is 9.45. The molecule has 10 nitrogen and oxygen atoms in total. The third kappa shape index (κ3) is 6.32. The van der Waals surface area contributed by atoms with Gasteiger partial charge in [-0.2, -0.15) is 15.0 Å². The van der Waals surface area contributed by atoms with Gasteiger partial charge in [-0.05, 0) is 58.1 Å². The van der Waals surface area contributed by atoms with Crippen molar-refractivity contribution in [2.45, 2.75) is 31.8 Å². The predicted octanol–water partition coefficient (Wildman–Crippen LogP) is 1.96. The average Bonchev–Trinajstić information content (AvgIpc) is 2.79. The van der Waals surface area contributed by atoms with E-state index in [-0.39, 0.29) is 19.2 Å². The number of piperidine rings is 1. The van der Waals surface area contributed by atoms with Crippen molar-refractivity contribution in [1.29, 1.82) is 0 Å². The molecule has 176 valence electrons. The summed E-state index contributed by atoms with van der Waals surface area (Å²) < 4.78 is 5.49. The zero-order valence-corrected chi connectivity index (χ0v) is 19.5. The van der Waals surface area contributed by atoms with E-state index in [0.29, 0.717) is 41.0 Å². The van der Waals surface area contributed by atoms with Crippen molar-refractivity contribution in [2.24, 2.45) is 0 Å². The number of aliphatic hydroxyl groups excluding tert-OH is 2. The fourth-order valence-electron chi connectivity index (χ4n) is 3.50. The number of hydrogen-bond acceptors (Lipinski definition) is 10. The van der Waals surface area contributed by atoms with Crippen molar-refractivity contribution < 1.29 is 14.9 Å². The molecule has 0 atom stereocenters. The first kappa shape index (κ1) is 24.2. The summed E-state index contributed by atoms with van der Waals surface area (Å²) in [6, 6.07) is 5.09. The highest BCUT2D eigenvalue weighted by atomic mass is 35.5. The quantitative estimate of drug-likeness (QED) is 0.414. The number of halogens is 1. The average molecular weight is 466 g/mol. The summed E-state index contributed by atoms with van der Waals surface area (Å²) in [4.78, 5) is 17.9. The Morgan fingerprint density at radius 3 is 2.50 bits per heavy atom. The minimum Gasteiger partial charge on any atom is -0.492 e. The van der Waals surface area contributed by atoms with Gasteiger partial charge in [0.1, 0.15) is 5.75 Å². The smallest absolute Gasteiger partial charge is 0.233 e. The normalized spacial score (nSPS) is 15.1. The lowest BCUT2D eigenvalue weighted by Gasteiger charge is -2.35. The molecule has 0 radical (unpaired) electrons. The summed E-state index contributed by atoms with van der Waals surface area (Å²) in [5.74, 6) is 1.70. The molecule has 2 aromatic rings. The summed E-state index contributed by atoms with van der Waals surface area (Å²) >= 11 is 6.31. The zero-order valence-electron chi connectivity index (χ0n) is 18.8. The maximum absolute atomic E-state index is 9.45. The van der Waals surface area contributed by atoms with Crippen molar-refractivity contribution in [1.82, 2.24) is 19.9 Å². The number of nitrogens with zero attached hydrogens (tertiary/aromatic N) is 5. The van der Waals surface area contributed by atoms with Gasteiger partial charge in [-0.1, -0.05) is 11.6 Å². The Balaban J connectivity index is 1.86. The molecular formula is C21H32ClN7O3. The molecular weight excluding hydrogens is 434 g/mol. The lowest BCUT2D eigenvalue weighted by atomic mass is 10.0. The first-order valence-electron chi connectivity index (χ1n) is 10.8. The van der Waals surface area contributed by atoms with Crippen molar-refractivity contribution in [2.75, 3.05) is 62.5 Å². The molecule has 0 unspecified atom stereocenters. The Bertz CT molecular complexity index is 876. The highest BCUT2D eigenvalue weighted by Gasteiger charge is 2.24. The second-order valence-corrected chi connectivity index (χ2v) is 8.24. The minimum atomic E-state index is -0.577. The van der Waals surface area contributed by atoms with E-state index in [1.54, 1.807) is 12.1 Å². The van der Waals surface area contributed by atoms with E-state index in [1.807, 2.05) is 20.0 Å². The number of hydrogen-bond donors (Lipinski definition) is 4. The van der Waals surface area contributed by atoms with E-state index in [2.05, 4.69) is 42.4 Å². The monoisotopic (exact) mass is 465 g/mol. The van der Waals surface area contributed by atoms with E-state index in [1.165, 1.54) is 0 Å². The molecule has 11 heteroatoms. The highest BCUT2D eigenvalue weighted by molar-refractivity contribution is 6.32. The molecule has 1 aromatic carbocycles. The molecule has 1 fully saturated rings. The predicted molar refractivity (Wildman–Crippen MR) is 126 cm³/mol. The van der Waals surface area contributed by atoms with Gasteiger partial charge < -0.3 is 35.4 Å². The van der Waals surface area contributed by atoms with Gasteiger partial charge in [-0.15, -0.1) is 0 Å². The lowest BCUT2D eigenvalue weighted by molar-refractivity contribution is 0.203. The van der Waals surface area contributed by atoms with E-state index in [0.717, 1.165) is 25.9 Å². The molecule has 0 aliphatic carbocycles. The molecule has 1 aliphatic rings. The molecule has 0 spiro atoms. The Labute approximate surface area is 193 Å². The van der Waals surface area contributed by atoms with E-state index >= 15 is 0 Å². The second-order valence-electron chi connectivity index (χ2n) is 7.84. The number of nitrogens with one attached hydrogen (secondary N) is 2. The SMILES string of the molecule is CCOc1ccc(Nc2nc(NC(CO)CO)nc(N(C)C3CCN(C)CC3)n2)cc1Cl. The molecule has 32 heavy (non-hydrogen) atoms. The number of anilines is 4. The summed E-state index contributed by atoms with van der Waals surface area (Å²) in [5, 5.41) is 25.5. The van der Waals surface area contributed by atoms with Gasteiger partial charge in [-0.25, -0.2) is 0 Å². The van der Waals surface area contributed by atoms with Crippen molar-refractivity contribution in [3.05, 3.63) is 23.2 Å². The van der Waals surface area contributed by atoms with Gasteiger partial charge in [-0.3, -0.25) is 0 Å². The van der Waals surface area contributed by atoms with Gasteiger partial charge in [0.2, 0.25) is 17.8 Å². The Hall–Kier alpha value is -2.40. The molecule has 1 aliphatic heterocycles. The van der Waals surface area contributed by atoms with Crippen LogP contribution in [0.3, 0.4) is 0 Å². The standard InChI is InChI=1S/C21H32ClN7O3/c1-4-32-18-6-5-14(11-17(18)22)23-19-25-20(24-15(12-30)13-31)27-21(26-19)29(3)16-7-9-28(2)10-8-16/h5-6,11,15-16,30-31H,4,7-10,12-13H2,1-3H3,(H2,23,24,25,26,27). The topological polar surface area (TPSA) is 119 Å². The van der Waals surface area contributed by atoms with Crippen LogP contribution in [-0.4, -0.2) is 89.2 Å². The summed E-state index contributed by atoms with van der Waals surface area (Å²) in [6.45, 7) is 3.95. The zero-order chi connectivity index (χ0) is 23.1. The van der Waals surface area contributed by atoms with E-state index < -0.39 is 6.04 Å². The maximum Gasteiger partial charge on any atom is 0.233 e. The lowest BCUT2D eigenvalue weighted by Crippen LogP contribution is -2.42. The van der Waals surface area contributed by atoms with Gasteiger partial charge in [0.25, 0.3) is 0 Å². The van der Waals surface area contributed by atoms with Crippen molar-refractivity contribution >= 4 is 35.1 Å². The van der Waals surface area contributed by atoms with Crippen LogP contribution in [0.2, 0.25) is 5.02 Å². The fraction of sp³-hybridized carbons (Fsp3) is 0.571. The van der Waals surface area contributed by atoms with Crippen LogP contribution < -0.4 is 20.3 Å². The molecule has 4 N–H and O–H groups in total. The summed E-state index contributed by atoms with van der Waals surface area (Å²) in [7, 11) is 4.09. The molecule has 0 bridgehead atoms. The third-order valence-corrected chi connectivity index (χ3v) is 5.73. The van der Waals surface area contributed by atoms with Gasteiger partial charge in [0, 0.05) is 18.8 Å². The number of aromatic nitrogens is 3. The molecule has 2 heterocycles. The summed E-state index contributed by atoms with van der Waals surface area (Å²) in [6.07, 6.45) is 2.02. The van der Waals surface area contributed by atoms with E-state index in [9.17, 15) is 10.2 Å². The van der Waals surface area contributed by atoms with Crippen LogP contribution in [0.4, 0.5) is 23.5 Å². The first-order chi connectivity index (χ1) is 15.4. The molecule has 0 saturated carbocycles. The van der Waals surface area contributed by atoms with Crippen LogP contribution in [0.15, 0.2) is 18.2 Å². The third-order valence-electron chi connectivity index (χ3n) is 5.44. The van der Waals surface area contributed by atoms with Crippen LogP contribution in [-0.2, 0) is 0 Å². The first-order valence-corrected chi connectivity index (χ1v) is 11.2. The Morgan fingerprint density at radius 2 is 1.88 bits per heavy atom. The molecule has 1 aromatic heterocycles.